The maximum atomic E-state index is 13.5. The minimum absolute atomic E-state index is 0.0248. The summed E-state index contributed by atoms with van der Waals surface area (Å²) in [5.74, 6) is 1.85. The highest BCUT2D eigenvalue weighted by atomic mass is 16.5. The van der Waals surface area contributed by atoms with Crippen LogP contribution in [0.4, 0.5) is 5.69 Å². The Labute approximate surface area is 182 Å². The minimum atomic E-state index is -0.355. The first kappa shape index (κ1) is 21.0. The zero-order valence-corrected chi connectivity index (χ0v) is 18.2. The number of nitrogens with zero attached hydrogens (tertiary/aromatic N) is 2. The Morgan fingerprint density at radius 2 is 1.68 bits per heavy atom. The Morgan fingerprint density at radius 3 is 2.35 bits per heavy atom. The number of methoxy groups -OCH3 is 3. The van der Waals surface area contributed by atoms with Crippen molar-refractivity contribution in [2.75, 3.05) is 39.3 Å². The van der Waals surface area contributed by atoms with E-state index in [9.17, 15) is 9.59 Å². The number of ether oxygens (including phenoxy) is 3. The molecule has 2 aliphatic heterocycles. The fourth-order valence-electron chi connectivity index (χ4n) is 4.57. The van der Waals surface area contributed by atoms with Crippen LogP contribution in [0.15, 0.2) is 42.5 Å². The molecule has 0 radical (unpaired) electrons. The summed E-state index contributed by atoms with van der Waals surface area (Å²) in [6.07, 6.45) is 2.00. The van der Waals surface area contributed by atoms with Crippen molar-refractivity contribution in [1.82, 2.24) is 4.90 Å². The summed E-state index contributed by atoms with van der Waals surface area (Å²) in [5.41, 5.74) is 1.73. The molecule has 0 aromatic heterocycles. The van der Waals surface area contributed by atoms with Gasteiger partial charge in [-0.05, 0) is 55.3 Å². The number of amides is 2. The summed E-state index contributed by atoms with van der Waals surface area (Å²) in [5, 5.41) is 0. The summed E-state index contributed by atoms with van der Waals surface area (Å²) >= 11 is 0. The number of anilines is 1. The molecule has 164 valence electrons. The average molecular weight is 424 g/mol. The van der Waals surface area contributed by atoms with Crippen LogP contribution in [-0.2, 0) is 9.59 Å². The van der Waals surface area contributed by atoms with Gasteiger partial charge in [0.05, 0.1) is 33.3 Å². The number of hydrogen-bond donors (Lipinski definition) is 0. The molecule has 31 heavy (non-hydrogen) atoms. The van der Waals surface area contributed by atoms with Crippen molar-refractivity contribution in [2.24, 2.45) is 5.92 Å². The molecular formula is C24H28N2O5. The summed E-state index contributed by atoms with van der Waals surface area (Å²) in [7, 11) is 4.87. The Morgan fingerprint density at radius 1 is 0.968 bits per heavy atom. The predicted octanol–water partition coefficient (Wildman–Crippen LogP) is 3.43. The fraction of sp³-hybridized carbons (Fsp3) is 0.417. The first-order valence-electron chi connectivity index (χ1n) is 10.5. The Hall–Kier alpha value is -3.22. The summed E-state index contributed by atoms with van der Waals surface area (Å²) < 4.78 is 16.1. The molecule has 4 rings (SSSR count). The molecule has 7 nitrogen and oxygen atoms in total. The van der Waals surface area contributed by atoms with Crippen LogP contribution in [0.5, 0.6) is 17.2 Å². The zero-order chi connectivity index (χ0) is 22.0. The van der Waals surface area contributed by atoms with Crippen LogP contribution >= 0.6 is 0 Å². The van der Waals surface area contributed by atoms with E-state index >= 15 is 0 Å². The monoisotopic (exact) mass is 424 g/mol. The third-order valence-electron chi connectivity index (χ3n) is 6.19. The molecule has 2 unspecified atom stereocenters. The van der Waals surface area contributed by atoms with Gasteiger partial charge in [0.25, 0.3) is 0 Å². The van der Waals surface area contributed by atoms with Crippen LogP contribution in [0.1, 0.15) is 30.9 Å². The molecule has 2 heterocycles. The molecule has 0 saturated carbocycles. The van der Waals surface area contributed by atoms with Gasteiger partial charge in [-0.15, -0.1) is 0 Å². The van der Waals surface area contributed by atoms with Crippen LogP contribution in [0, 0.1) is 5.92 Å². The predicted molar refractivity (Wildman–Crippen MR) is 117 cm³/mol. The molecule has 2 aromatic carbocycles. The van der Waals surface area contributed by atoms with E-state index in [0.29, 0.717) is 13.1 Å². The zero-order valence-electron chi connectivity index (χ0n) is 18.2. The summed E-state index contributed by atoms with van der Waals surface area (Å²) in [6, 6.07) is 12.9. The molecule has 2 saturated heterocycles. The molecule has 2 aliphatic rings. The highest BCUT2D eigenvalue weighted by molar-refractivity contribution is 6.00. The van der Waals surface area contributed by atoms with Gasteiger partial charge < -0.3 is 24.0 Å². The normalized spacial score (nSPS) is 20.8. The Balaban J connectivity index is 1.53. The molecule has 2 amide bonds. The number of hydrogen-bond acceptors (Lipinski definition) is 5. The molecule has 0 spiro atoms. The smallest absolute Gasteiger partial charge is 0.228 e. The number of rotatable bonds is 6. The topological polar surface area (TPSA) is 68.3 Å². The summed E-state index contributed by atoms with van der Waals surface area (Å²) in [4.78, 5) is 29.7. The van der Waals surface area contributed by atoms with E-state index in [1.54, 1.807) is 26.2 Å². The second-order valence-corrected chi connectivity index (χ2v) is 7.90. The lowest BCUT2D eigenvalue weighted by Gasteiger charge is -2.29. The Kier molecular flexibility index (Phi) is 6.02. The van der Waals surface area contributed by atoms with Crippen LogP contribution in [0.25, 0.3) is 0 Å². The van der Waals surface area contributed by atoms with Gasteiger partial charge in [0.15, 0.2) is 0 Å². The lowest BCUT2D eigenvalue weighted by Crippen LogP contribution is -2.37. The molecule has 0 aliphatic carbocycles. The van der Waals surface area contributed by atoms with Crippen LogP contribution in [-0.4, -0.2) is 51.1 Å². The van der Waals surface area contributed by atoms with Gasteiger partial charge in [-0.1, -0.05) is 0 Å². The van der Waals surface area contributed by atoms with Crippen molar-refractivity contribution < 1.29 is 23.8 Å². The standard InChI is InChI=1S/C24H28N2O5/c1-29-18-8-6-17(7-9-18)26-15-16(13-23(26)27)24(28)25-12-4-5-21(25)20-14-19(30-2)10-11-22(20)31-3/h6-11,14,16,21H,4-5,12-13,15H2,1-3H3. The molecule has 7 heteroatoms. The number of likely N-dealkylation sites (tertiary alicyclic amines) is 1. The van der Waals surface area contributed by atoms with Crippen molar-refractivity contribution in [3.63, 3.8) is 0 Å². The van der Waals surface area contributed by atoms with Gasteiger partial charge in [-0.3, -0.25) is 9.59 Å². The second-order valence-electron chi connectivity index (χ2n) is 7.90. The van der Waals surface area contributed by atoms with Crippen molar-refractivity contribution in [1.29, 1.82) is 0 Å². The Bertz CT molecular complexity index is 959. The highest BCUT2D eigenvalue weighted by Gasteiger charge is 2.41. The first-order valence-corrected chi connectivity index (χ1v) is 10.5. The number of carbonyl (C=O) groups is 2. The van der Waals surface area contributed by atoms with E-state index in [1.165, 1.54) is 0 Å². The molecular weight excluding hydrogens is 396 g/mol. The second kappa shape index (κ2) is 8.88. The average Bonchev–Trinajstić information content (AvgIpc) is 3.45. The SMILES string of the molecule is COc1ccc(N2CC(C(=O)N3CCCC3c3cc(OC)ccc3OC)CC2=O)cc1. The van der Waals surface area contributed by atoms with E-state index in [-0.39, 0.29) is 30.2 Å². The van der Waals surface area contributed by atoms with Crippen LogP contribution < -0.4 is 19.1 Å². The van der Waals surface area contributed by atoms with E-state index in [4.69, 9.17) is 14.2 Å². The van der Waals surface area contributed by atoms with Crippen molar-refractivity contribution in [2.45, 2.75) is 25.3 Å². The maximum Gasteiger partial charge on any atom is 0.228 e. The number of carbonyl (C=O) groups excluding carboxylic acids is 2. The third-order valence-corrected chi connectivity index (χ3v) is 6.19. The maximum absolute atomic E-state index is 13.5. The molecule has 2 aromatic rings. The van der Waals surface area contributed by atoms with E-state index < -0.39 is 0 Å². The molecule has 0 N–H and O–H groups in total. The highest BCUT2D eigenvalue weighted by Crippen LogP contribution is 2.40. The van der Waals surface area contributed by atoms with Gasteiger partial charge in [0, 0.05) is 30.8 Å². The van der Waals surface area contributed by atoms with E-state index in [2.05, 4.69) is 0 Å². The molecule has 0 bridgehead atoms. The van der Waals surface area contributed by atoms with Crippen molar-refractivity contribution >= 4 is 17.5 Å². The van der Waals surface area contributed by atoms with E-state index in [0.717, 1.165) is 41.3 Å². The van der Waals surface area contributed by atoms with Crippen LogP contribution in [0.3, 0.4) is 0 Å². The molecule has 2 fully saturated rings. The summed E-state index contributed by atoms with van der Waals surface area (Å²) in [6.45, 7) is 1.07. The lowest BCUT2D eigenvalue weighted by molar-refractivity contribution is -0.136. The quantitative estimate of drug-likeness (QED) is 0.711. The van der Waals surface area contributed by atoms with Crippen molar-refractivity contribution in [3.8, 4) is 17.2 Å². The minimum Gasteiger partial charge on any atom is -0.497 e. The van der Waals surface area contributed by atoms with Gasteiger partial charge >= 0.3 is 0 Å². The van der Waals surface area contributed by atoms with Gasteiger partial charge in [0.1, 0.15) is 17.2 Å². The van der Waals surface area contributed by atoms with Gasteiger partial charge in [-0.25, -0.2) is 0 Å². The van der Waals surface area contributed by atoms with Crippen molar-refractivity contribution in [3.05, 3.63) is 48.0 Å². The molecule has 2 atom stereocenters. The third kappa shape index (κ3) is 4.04. The fourth-order valence-corrected chi connectivity index (χ4v) is 4.57. The van der Waals surface area contributed by atoms with Gasteiger partial charge in [0.2, 0.25) is 11.8 Å². The largest absolute Gasteiger partial charge is 0.497 e. The van der Waals surface area contributed by atoms with Crippen LogP contribution in [0.2, 0.25) is 0 Å². The lowest BCUT2D eigenvalue weighted by atomic mass is 10.0. The number of benzene rings is 2. The van der Waals surface area contributed by atoms with Gasteiger partial charge in [-0.2, -0.15) is 0 Å². The van der Waals surface area contributed by atoms with E-state index in [1.807, 2.05) is 47.4 Å². The first-order chi connectivity index (χ1) is 15.0.